The van der Waals surface area contributed by atoms with Gasteiger partial charge in [0.1, 0.15) is 11.0 Å². The molecule has 1 N–H and O–H groups in total. The molecule has 6 nitrogen and oxygen atoms in total. The number of thioether (sulfide) groups is 1. The van der Waals surface area contributed by atoms with Crippen molar-refractivity contribution in [2.75, 3.05) is 12.4 Å². The van der Waals surface area contributed by atoms with Crippen LogP contribution in [0, 0.1) is 13.8 Å². The van der Waals surface area contributed by atoms with Gasteiger partial charge < -0.3 is 10.1 Å². The summed E-state index contributed by atoms with van der Waals surface area (Å²) in [5.74, 6) is 0.334. The Morgan fingerprint density at radius 2 is 1.83 bits per heavy atom. The molecule has 0 radical (unpaired) electrons. The molecule has 180 valence electrons. The Hall–Kier alpha value is -3.29. The van der Waals surface area contributed by atoms with Gasteiger partial charge in [0.05, 0.1) is 19.3 Å². The summed E-state index contributed by atoms with van der Waals surface area (Å²) in [6, 6.07) is 20.4. The first-order chi connectivity index (χ1) is 16.8. The Morgan fingerprint density at radius 1 is 1.11 bits per heavy atom. The summed E-state index contributed by atoms with van der Waals surface area (Å²) in [7, 11) is 1.60. The van der Waals surface area contributed by atoms with Crippen molar-refractivity contribution >= 4 is 51.7 Å². The minimum atomic E-state index is -0.596. The molecule has 1 unspecified atom stereocenters. The van der Waals surface area contributed by atoms with Crippen molar-refractivity contribution in [1.82, 2.24) is 4.90 Å². The molecule has 1 fully saturated rings. The fraction of sp³-hybridized carbons (Fsp3) is 0.222. The first-order valence-electron chi connectivity index (χ1n) is 11.1. The molecule has 0 aromatic heterocycles. The number of nitrogens with one attached hydrogen (secondary N) is 1. The van der Waals surface area contributed by atoms with Crippen LogP contribution in [0.25, 0.3) is 0 Å². The highest BCUT2D eigenvalue weighted by atomic mass is 35.5. The number of aryl methyl sites for hydroxylation is 2. The molecule has 0 spiro atoms. The number of carbonyl (C=O) groups excluding carboxylic acids is 2. The highest BCUT2D eigenvalue weighted by Crippen LogP contribution is 2.32. The second kappa shape index (κ2) is 11.0. The molecule has 8 heteroatoms. The number of benzene rings is 3. The molecule has 1 saturated heterocycles. The molecule has 2 amide bonds. The number of aliphatic imine (C=N–C) groups is 1. The van der Waals surface area contributed by atoms with Gasteiger partial charge in [0.2, 0.25) is 11.8 Å². The predicted octanol–water partition coefficient (Wildman–Crippen LogP) is 6.13. The fourth-order valence-corrected chi connectivity index (χ4v) is 4.93. The van der Waals surface area contributed by atoms with Crippen LogP contribution in [-0.4, -0.2) is 34.2 Å². The lowest BCUT2D eigenvalue weighted by molar-refractivity contribution is -0.129. The van der Waals surface area contributed by atoms with Crippen LogP contribution in [0.1, 0.15) is 23.1 Å². The van der Waals surface area contributed by atoms with Crippen LogP contribution in [-0.2, 0) is 16.1 Å². The number of carbonyl (C=O) groups is 2. The van der Waals surface area contributed by atoms with Gasteiger partial charge in [-0.25, -0.2) is 4.99 Å². The van der Waals surface area contributed by atoms with Gasteiger partial charge in [0, 0.05) is 17.1 Å². The first-order valence-corrected chi connectivity index (χ1v) is 12.4. The Morgan fingerprint density at radius 3 is 2.49 bits per heavy atom. The van der Waals surface area contributed by atoms with Crippen molar-refractivity contribution in [2.45, 2.75) is 32.1 Å². The van der Waals surface area contributed by atoms with E-state index in [9.17, 15) is 9.59 Å². The van der Waals surface area contributed by atoms with E-state index in [-0.39, 0.29) is 18.2 Å². The third-order valence-electron chi connectivity index (χ3n) is 5.62. The van der Waals surface area contributed by atoms with Crippen molar-refractivity contribution in [3.8, 4) is 5.75 Å². The van der Waals surface area contributed by atoms with Gasteiger partial charge in [-0.05, 0) is 67.4 Å². The van der Waals surface area contributed by atoms with Gasteiger partial charge in [0.15, 0.2) is 5.17 Å². The van der Waals surface area contributed by atoms with Gasteiger partial charge in [-0.3, -0.25) is 14.5 Å². The maximum atomic E-state index is 13.3. The quantitative estimate of drug-likeness (QED) is 0.436. The van der Waals surface area contributed by atoms with E-state index in [1.807, 2.05) is 68.4 Å². The summed E-state index contributed by atoms with van der Waals surface area (Å²) in [6.07, 6.45) is 0.0800. The van der Waals surface area contributed by atoms with E-state index in [0.717, 1.165) is 22.4 Å². The number of hydrogen-bond acceptors (Lipinski definition) is 5. The Balaban J connectivity index is 1.60. The maximum absolute atomic E-state index is 13.3. The second-order valence-electron chi connectivity index (χ2n) is 8.32. The summed E-state index contributed by atoms with van der Waals surface area (Å²) in [4.78, 5) is 32.8. The molecular formula is C27H26ClN3O3S. The molecule has 0 bridgehead atoms. The van der Waals surface area contributed by atoms with E-state index in [0.29, 0.717) is 28.2 Å². The van der Waals surface area contributed by atoms with Crippen molar-refractivity contribution in [1.29, 1.82) is 0 Å². The average Bonchev–Trinajstić information content (AvgIpc) is 2.84. The molecular weight excluding hydrogens is 482 g/mol. The highest BCUT2D eigenvalue weighted by molar-refractivity contribution is 8.15. The topological polar surface area (TPSA) is 71.0 Å². The normalized spacial score (nSPS) is 16.9. The number of anilines is 1. The number of amides is 2. The van der Waals surface area contributed by atoms with Crippen LogP contribution in [0.15, 0.2) is 71.7 Å². The Labute approximate surface area is 214 Å². The molecule has 1 heterocycles. The second-order valence-corrected chi connectivity index (χ2v) is 9.92. The van der Waals surface area contributed by atoms with Crippen LogP contribution in [0.4, 0.5) is 11.4 Å². The SMILES string of the molecule is COc1ccc(N=C2SC(C(=O)Nc3ccc(C)cc3C)CC(=O)N2Cc2ccc(Cl)cc2)cc1. The zero-order valence-electron chi connectivity index (χ0n) is 19.7. The van der Waals surface area contributed by atoms with E-state index < -0.39 is 5.25 Å². The van der Waals surface area contributed by atoms with Gasteiger partial charge in [-0.15, -0.1) is 0 Å². The minimum Gasteiger partial charge on any atom is -0.497 e. The molecule has 0 saturated carbocycles. The maximum Gasteiger partial charge on any atom is 0.238 e. The van der Waals surface area contributed by atoms with Gasteiger partial charge >= 0.3 is 0 Å². The molecule has 1 atom stereocenters. The van der Waals surface area contributed by atoms with Gasteiger partial charge in [-0.1, -0.05) is 53.2 Å². The molecule has 1 aliphatic heterocycles. The van der Waals surface area contributed by atoms with Gasteiger partial charge in [0.25, 0.3) is 0 Å². The van der Waals surface area contributed by atoms with E-state index >= 15 is 0 Å². The number of rotatable bonds is 6. The number of amidine groups is 1. The lowest BCUT2D eigenvalue weighted by Gasteiger charge is -2.32. The molecule has 35 heavy (non-hydrogen) atoms. The third-order valence-corrected chi connectivity index (χ3v) is 7.06. The van der Waals surface area contributed by atoms with Crippen molar-refractivity contribution in [3.05, 3.63) is 88.4 Å². The lowest BCUT2D eigenvalue weighted by atomic mass is 10.1. The first kappa shape index (κ1) is 24.8. The van der Waals surface area contributed by atoms with E-state index in [4.69, 9.17) is 21.3 Å². The van der Waals surface area contributed by atoms with E-state index in [1.165, 1.54) is 11.8 Å². The number of methoxy groups -OCH3 is 1. The Bertz CT molecular complexity index is 1260. The number of hydrogen-bond donors (Lipinski definition) is 1. The standard InChI is InChI=1S/C27H26ClN3O3S/c1-17-4-13-23(18(2)14-17)30-26(33)24-15-25(32)31(16-19-5-7-20(28)8-6-19)27(35-24)29-21-9-11-22(34-3)12-10-21/h4-14,24H,15-16H2,1-3H3,(H,30,33). The van der Waals surface area contributed by atoms with Crippen molar-refractivity contribution in [2.24, 2.45) is 4.99 Å². The molecule has 3 aromatic carbocycles. The lowest BCUT2D eigenvalue weighted by Crippen LogP contribution is -2.44. The van der Waals surface area contributed by atoms with Gasteiger partial charge in [-0.2, -0.15) is 0 Å². The highest BCUT2D eigenvalue weighted by Gasteiger charge is 2.36. The fourth-order valence-electron chi connectivity index (χ4n) is 3.70. The summed E-state index contributed by atoms with van der Waals surface area (Å²) < 4.78 is 5.23. The average molecular weight is 508 g/mol. The molecule has 1 aliphatic rings. The summed E-state index contributed by atoms with van der Waals surface area (Å²) in [5, 5.41) is 3.49. The van der Waals surface area contributed by atoms with Crippen LogP contribution in [0.3, 0.4) is 0 Å². The monoisotopic (exact) mass is 507 g/mol. The minimum absolute atomic E-state index is 0.0800. The van der Waals surface area contributed by atoms with Crippen LogP contribution in [0.2, 0.25) is 5.02 Å². The number of halogens is 1. The van der Waals surface area contributed by atoms with E-state index in [1.54, 1.807) is 24.1 Å². The zero-order valence-corrected chi connectivity index (χ0v) is 21.3. The number of nitrogens with zero attached hydrogens (tertiary/aromatic N) is 2. The van der Waals surface area contributed by atoms with Crippen molar-refractivity contribution in [3.63, 3.8) is 0 Å². The predicted molar refractivity (Wildman–Crippen MR) is 143 cm³/mol. The van der Waals surface area contributed by atoms with Crippen LogP contribution >= 0.6 is 23.4 Å². The molecule has 3 aromatic rings. The zero-order chi connectivity index (χ0) is 24.9. The summed E-state index contributed by atoms with van der Waals surface area (Å²) >= 11 is 7.31. The van der Waals surface area contributed by atoms with Crippen molar-refractivity contribution < 1.29 is 14.3 Å². The summed E-state index contributed by atoms with van der Waals surface area (Å²) in [5.41, 5.74) is 4.42. The molecule has 4 rings (SSSR count). The molecule has 0 aliphatic carbocycles. The third kappa shape index (κ3) is 6.24. The number of ether oxygens (including phenoxy) is 1. The van der Waals surface area contributed by atoms with E-state index in [2.05, 4.69) is 5.32 Å². The largest absolute Gasteiger partial charge is 0.497 e. The van der Waals surface area contributed by atoms with Crippen LogP contribution < -0.4 is 10.1 Å². The van der Waals surface area contributed by atoms with Crippen LogP contribution in [0.5, 0.6) is 5.75 Å². The Kier molecular flexibility index (Phi) is 7.78. The smallest absolute Gasteiger partial charge is 0.238 e. The summed E-state index contributed by atoms with van der Waals surface area (Å²) in [6.45, 7) is 4.29.